The van der Waals surface area contributed by atoms with Crippen LogP contribution in [0.15, 0.2) is 42.7 Å². The van der Waals surface area contributed by atoms with Crippen molar-refractivity contribution in [3.63, 3.8) is 0 Å². The Morgan fingerprint density at radius 2 is 1.87 bits per heavy atom. The number of benzene rings is 1. The van der Waals surface area contributed by atoms with E-state index in [-0.39, 0.29) is 24.7 Å². The van der Waals surface area contributed by atoms with Crippen molar-refractivity contribution in [2.45, 2.75) is 44.9 Å². The molecule has 8 heteroatoms. The lowest BCUT2D eigenvalue weighted by Crippen LogP contribution is -2.32. The van der Waals surface area contributed by atoms with Gasteiger partial charge in [-0.2, -0.15) is 0 Å². The molecule has 2 aromatic rings. The van der Waals surface area contributed by atoms with Gasteiger partial charge in [-0.05, 0) is 42.5 Å². The molecule has 0 saturated heterocycles. The molecule has 3 rings (SSSR count). The largest absolute Gasteiger partial charge is 0.494 e. The van der Waals surface area contributed by atoms with Crippen molar-refractivity contribution in [3.05, 3.63) is 48.3 Å². The van der Waals surface area contributed by atoms with Gasteiger partial charge in [-0.3, -0.25) is 19.4 Å². The third kappa shape index (κ3) is 6.04. The molecule has 1 aliphatic rings. The van der Waals surface area contributed by atoms with Gasteiger partial charge in [-0.15, -0.1) is 0 Å². The van der Waals surface area contributed by atoms with Gasteiger partial charge in [0.15, 0.2) is 0 Å². The number of amides is 2. The molecule has 0 unspecified atom stereocenters. The number of anilines is 2. The van der Waals surface area contributed by atoms with Crippen molar-refractivity contribution in [2.24, 2.45) is 5.41 Å². The van der Waals surface area contributed by atoms with Crippen molar-refractivity contribution in [1.82, 2.24) is 4.98 Å². The monoisotopic (exact) mass is 425 g/mol. The number of carboxylic acid groups (broad SMARTS) is 1. The number of hydrogen-bond donors (Lipinski definition) is 3. The third-order valence-corrected chi connectivity index (χ3v) is 5.63. The summed E-state index contributed by atoms with van der Waals surface area (Å²) in [5.74, 6) is -1.02. The number of carbonyl (C=O) groups is 3. The number of hydrogen-bond acceptors (Lipinski definition) is 5. The van der Waals surface area contributed by atoms with Crippen molar-refractivity contribution < 1.29 is 24.2 Å². The minimum atomic E-state index is -0.870. The summed E-state index contributed by atoms with van der Waals surface area (Å²) < 4.78 is 5.37. The van der Waals surface area contributed by atoms with Gasteiger partial charge in [0.2, 0.25) is 5.91 Å². The lowest BCUT2D eigenvalue weighted by atomic mass is 9.69. The van der Waals surface area contributed by atoms with Crippen LogP contribution in [0.1, 0.15) is 55.3 Å². The zero-order valence-electron chi connectivity index (χ0n) is 17.5. The number of carboxylic acids is 1. The Balaban J connectivity index is 1.68. The normalized spacial score (nSPS) is 15.0. The van der Waals surface area contributed by atoms with E-state index in [1.54, 1.807) is 36.5 Å². The van der Waals surface area contributed by atoms with Crippen molar-refractivity contribution in [1.29, 1.82) is 0 Å². The SMILES string of the molecule is COc1cc(NC(=O)CC2(CC(=O)O)CCCCC2)ccc1NC(=O)c1cccnc1. The van der Waals surface area contributed by atoms with Gasteiger partial charge in [0.1, 0.15) is 5.75 Å². The van der Waals surface area contributed by atoms with Gasteiger partial charge < -0.3 is 20.5 Å². The molecule has 164 valence electrons. The summed E-state index contributed by atoms with van der Waals surface area (Å²) in [5, 5.41) is 14.9. The Morgan fingerprint density at radius 1 is 1.10 bits per heavy atom. The third-order valence-electron chi connectivity index (χ3n) is 5.63. The second-order valence-electron chi connectivity index (χ2n) is 7.97. The number of aliphatic carboxylic acids is 1. The fourth-order valence-electron chi connectivity index (χ4n) is 4.15. The van der Waals surface area contributed by atoms with E-state index in [9.17, 15) is 19.5 Å². The molecule has 2 amide bonds. The zero-order chi connectivity index (χ0) is 22.3. The number of rotatable bonds is 8. The average molecular weight is 425 g/mol. The Kier molecular flexibility index (Phi) is 7.23. The molecule has 1 aromatic carbocycles. The molecule has 1 saturated carbocycles. The first-order valence-electron chi connectivity index (χ1n) is 10.3. The molecule has 1 fully saturated rings. The predicted octanol–water partition coefficient (Wildman–Crippen LogP) is 4.10. The number of nitrogens with one attached hydrogen (secondary N) is 2. The van der Waals surface area contributed by atoms with Gasteiger partial charge in [-0.1, -0.05) is 19.3 Å². The van der Waals surface area contributed by atoms with E-state index in [4.69, 9.17) is 4.74 Å². The Morgan fingerprint density at radius 3 is 2.52 bits per heavy atom. The van der Waals surface area contributed by atoms with E-state index in [2.05, 4.69) is 15.6 Å². The summed E-state index contributed by atoms with van der Waals surface area (Å²) in [4.78, 5) is 40.3. The second kappa shape index (κ2) is 10.1. The fraction of sp³-hybridized carbons (Fsp3) is 0.391. The summed E-state index contributed by atoms with van der Waals surface area (Å²) in [6.07, 6.45) is 7.68. The molecule has 0 spiro atoms. The van der Waals surface area contributed by atoms with Crippen molar-refractivity contribution >= 4 is 29.2 Å². The molecule has 1 aromatic heterocycles. The van der Waals surface area contributed by atoms with E-state index < -0.39 is 11.4 Å². The average Bonchev–Trinajstić information content (AvgIpc) is 2.75. The topological polar surface area (TPSA) is 118 Å². The minimum absolute atomic E-state index is 0.00303. The Labute approximate surface area is 181 Å². The minimum Gasteiger partial charge on any atom is -0.494 e. The highest BCUT2D eigenvalue weighted by Crippen LogP contribution is 2.42. The highest BCUT2D eigenvalue weighted by atomic mass is 16.5. The molecule has 0 bridgehead atoms. The molecular weight excluding hydrogens is 398 g/mol. The van der Waals surface area contributed by atoms with E-state index in [0.717, 1.165) is 32.1 Å². The van der Waals surface area contributed by atoms with Crippen LogP contribution in [0.25, 0.3) is 0 Å². The summed E-state index contributed by atoms with van der Waals surface area (Å²) in [6, 6.07) is 8.28. The van der Waals surface area contributed by atoms with E-state index in [0.29, 0.717) is 22.7 Å². The van der Waals surface area contributed by atoms with Crippen molar-refractivity contribution in [2.75, 3.05) is 17.7 Å². The molecule has 1 aliphatic carbocycles. The standard InChI is InChI=1S/C23H27N3O5/c1-31-19-12-17(7-8-18(19)26-22(30)16-6-5-11-24-15-16)25-20(27)13-23(14-21(28)29)9-3-2-4-10-23/h5-8,11-12,15H,2-4,9-10,13-14H2,1H3,(H,25,27)(H,26,30)(H,28,29). The first-order chi connectivity index (χ1) is 14.9. The highest BCUT2D eigenvalue weighted by molar-refractivity contribution is 6.05. The predicted molar refractivity (Wildman–Crippen MR) is 116 cm³/mol. The zero-order valence-corrected chi connectivity index (χ0v) is 17.5. The smallest absolute Gasteiger partial charge is 0.303 e. The van der Waals surface area contributed by atoms with Crippen LogP contribution < -0.4 is 15.4 Å². The lowest BCUT2D eigenvalue weighted by molar-refractivity contribution is -0.140. The quantitative estimate of drug-likeness (QED) is 0.586. The number of ether oxygens (including phenoxy) is 1. The summed E-state index contributed by atoms with van der Waals surface area (Å²) >= 11 is 0. The molecule has 8 nitrogen and oxygen atoms in total. The van der Waals surface area contributed by atoms with E-state index >= 15 is 0 Å². The van der Waals surface area contributed by atoms with Crippen LogP contribution >= 0.6 is 0 Å². The molecule has 0 aliphatic heterocycles. The Bertz CT molecular complexity index is 939. The molecule has 0 radical (unpaired) electrons. The maximum Gasteiger partial charge on any atom is 0.303 e. The molecule has 3 N–H and O–H groups in total. The summed E-state index contributed by atoms with van der Waals surface area (Å²) in [6.45, 7) is 0. The van der Waals surface area contributed by atoms with Crippen LogP contribution in [0.5, 0.6) is 5.75 Å². The highest BCUT2D eigenvalue weighted by Gasteiger charge is 2.36. The van der Waals surface area contributed by atoms with Gasteiger partial charge in [0, 0.05) is 30.6 Å². The van der Waals surface area contributed by atoms with Gasteiger partial charge in [0.05, 0.1) is 24.8 Å². The number of pyridine rings is 1. The fourth-order valence-corrected chi connectivity index (χ4v) is 4.15. The van der Waals surface area contributed by atoms with Crippen LogP contribution in [-0.4, -0.2) is 35.0 Å². The van der Waals surface area contributed by atoms with Crippen LogP contribution in [0.4, 0.5) is 11.4 Å². The molecular formula is C23H27N3O5. The lowest BCUT2D eigenvalue weighted by Gasteiger charge is -2.35. The van der Waals surface area contributed by atoms with Gasteiger partial charge in [-0.25, -0.2) is 0 Å². The van der Waals surface area contributed by atoms with E-state index in [1.807, 2.05) is 0 Å². The molecule has 0 atom stereocenters. The second-order valence-corrected chi connectivity index (χ2v) is 7.97. The summed E-state index contributed by atoms with van der Waals surface area (Å²) in [7, 11) is 1.48. The van der Waals surface area contributed by atoms with Crippen LogP contribution in [0, 0.1) is 5.41 Å². The van der Waals surface area contributed by atoms with Crippen LogP contribution in [0.3, 0.4) is 0 Å². The van der Waals surface area contributed by atoms with Gasteiger partial charge in [0.25, 0.3) is 5.91 Å². The Hall–Kier alpha value is -3.42. The van der Waals surface area contributed by atoms with Crippen LogP contribution in [-0.2, 0) is 9.59 Å². The number of aromatic nitrogens is 1. The maximum absolute atomic E-state index is 12.7. The molecule has 1 heterocycles. The van der Waals surface area contributed by atoms with Gasteiger partial charge >= 0.3 is 5.97 Å². The maximum atomic E-state index is 12.7. The van der Waals surface area contributed by atoms with Crippen molar-refractivity contribution in [3.8, 4) is 5.75 Å². The number of nitrogens with zero attached hydrogens (tertiary/aromatic N) is 1. The van der Waals surface area contributed by atoms with E-state index in [1.165, 1.54) is 13.3 Å². The first-order valence-corrected chi connectivity index (χ1v) is 10.3. The number of methoxy groups -OCH3 is 1. The number of carbonyl (C=O) groups excluding carboxylic acids is 2. The first kappa shape index (κ1) is 22.3. The molecule has 31 heavy (non-hydrogen) atoms. The van der Waals surface area contributed by atoms with Crippen LogP contribution in [0.2, 0.25) is 0 Å². The summed E-state index contributed by atoms with van der Waals surface area (Å²) in [5.41, 5.74) is 0.903.